The minimum atomic E-state index is -0.0198. The van der Waals surface area contributed by atoms with E-state index in [9.17, 15) is 10.1 Å². The molecule has 0 unspecified atom stereocenters. The first kappa shape index (κ1) is 27.4. The van der Waals surface area contributed by atoms with Crippen molar-refractivity contribution in [3.63, 3.8) is 0 Å². The van der Waals surface area contributed by atoms with Crippen LogP contribution in [0.4, 0.5) is 17.1 Å². The molecule has 0 saturated carbocycles. The number of aryl methyl sites for hydroxylation is 1. The zero-order valence-corrected chi connectivity index (χ0v) is 23.2. The minimum absolute atomic E-state index is 0.0198. The lowest BCUT2D eigenvalue weighted by Crippen LogP contribution is -2.22. The van der Waals surface area contributed by atoms with Crippen molar-refractivity contribution in [1.82, 2.24) is 14.9 Å². The highest BCUT2D eigenvalue weighted by Crippen LogP contribution is 2.35. The standard InChI is InChI=1S/C31H31ClN6O2/c1-21-15-28-25(17-27(21)37-30(39)8-6-14-38-12-4-5-13-38)31(22(18-33)19-35-28)36-23-9-10-29(26(32)16-23)40-20-24-7-2-3-11-34-24/h2-3,7,9-11,15-17,19H,4-6,8,12-14,20H2,1H3,(H,35,36)(H,37,39). The first-order valence-electron chi connectivity index (χ1n) is 13.4. The maximum atomic E-state index is 12.7. The Kier molecular flexibility index (Phi) is 8.74. The number of aromatic nitrogens is 2. The van der Waals surface area contributed by atoms with E-state index < -0.39 is 0 Å². The summed E-state index contributed by atoms with van der Waals surface area (Å²) in [4.78, 5) is 23.9. The maximum absolute atomic E-state index is 12.7. The smallest absolute Gasteiger partial charge is 0.224 e. The van der Waals surface area contributed by atoms with Crippen LogP contribution in [-0.4, -0.2) is 40.4 Å². The van der Waals surface area contributed by atoms with Gasteiger partial charge in [0.15, 0.2) is 0 Å². The molecule has 0 bridgehead atoms. The largest absolute Gasteiger partial charge is 0.486 e. The third kappa shape index (κ3) is 6.68. The van der Waals surface area contributed by atoms with Gasteiger partial charge < -0.3 is 20.3 Å². The van der Waals surface area contributed by atoms with E-state index in [1.54, 1.807) is 24.5 Å². The summed E-state index contributed by atoms with van der Waals surface area (Å²) in [5.41, 5.74) is 4.78. The molecule has 3 heterocycles. The number of benzene rings is 2. The number of carbonyl (C=O) groups is 1. The molecule has 204 valence electrons. The van der Waals surface area contributed by atoms with Crippen LogP contribution in [0.15, 0.2) is 60.9 Å². The topological polar surface area (TPSA) is 103 Å². The molecule has 8 nitrogen and oxygen atoms in total. The van der Waals surface area contributed by atoms with Gasteiger partial charge in [-0.15, -0.1) is 0 Å². The normalized spacial score (nSPS) is 13.2. The van der Waals surface area contributed by atoms with E-state index in [1.165, 1.54) is 12.8 Å². The lowest BCUT2D eigenvalue weighted by atomic mass is 10.0. The molecule has 2 aromatic heterocycles. The van der Waals surface area contributed by atoms with Crippen molar-refractivity contribution < 1.29 is 9.53 Å². The fourth-order valence-electron chi connectivity index (χ4n) is 4.85. The van der Waals surface area contributed by atoms with Crippen LogP contribution in [0.3, 0.4) is 0 Å². The maximum Gasteiger partial charge on any atom is 0.224 e. The lowest BCUT2D eigenvalue weighted by Gasteiger charge is -2.16. The van der Waals surface area contributed by atoms with Gasteiger partial charge in [-0.2, -0.15) is 5.26 Å². The Morgan fingerprint density at radius 2 is 2.00 bits per heavy atom. The summed E-state index contributed by atoms with van der Waals surface area (Å²) in [5, 5.41) is 17.4. The number of pyridine rings is 2. The number of carbonyl (C=O) groups excluding carboxylic acids is 1. The summed E-state index contributed by atoms with van der Waals surface area (Å²) in [6.07, 6.45) is 7.04. The van der Waals surface area contributed by atoms with Gasteiger partial charge in [0.25, 0.3) is 0 Å². The van der Waals surface area contributed by atoms with E-state index in [1.807, 2.05) is 43.3 Å². The molecule has 1 fully saturated rings. The van der Waals surface area contributed by atoms with Gasteiger partial charge in [-0.1, -0.05) is 17.7 Å². The Hall–Kier alpha value is -4.19. The first-order chi connectivity index (χ1) is 19.5. The van der Waals surface area contributed by atoms with Crippen LogP contribution < -0.4 is 15.4 Å². The van der Waals surface area contributed by atoms with Crippen LogP contribution in [-0.2, 0) is 11.4 Å². The zero-order chi connectivity index (χ0) is 27.9. The average molecular weight is 555 g/mol. The highest BCUT2D eigenvalue weighted by Gasteiger charge is 2.15. The number of nitriles is 1. The molecule has 0 spiro atoms. The number of nitrogens with zero attached hydrogens (tertiary/aromatic N) is 4. The Bertz CT molecular complexity index is 1550. The van der Waals surface area contributed by atoms with Crippen molar-refractivity contribution >= 4 is 45.5 Å². The van der Waals surface area contributed by atoms with Crippen molar-refractivity contribution in [2.24, 2.45) is 0 Å². The molecule has 1 amide bonds. The molecule has 9 heteroatoms. The number of amides is 1. The molecule has 2 N–H and O–H groups in total. The predicted octanol–water partition coefficient (Wildman–Crippen LogP) is 6.60. The van der Waals surface area contributed by atoms with Crippen LogP contribution in [0.2, 0.25) is 5.02 Å². The fraction of sp³-hybridized carbons (Fsp3) is 0.290. The number of halogens is 1. The van der Waals surface area contributed by atoms with Gasteiger partial charge >= 0.3 is 0 Å². The van der Waals surface area contributed by atoms with E-state index in [0.717, 1.165) is 42.7 Å². The zero-order valence-electron chi connectivity index (χ0n) is 22.4. The van der Waals surface area contributed by atoms with E-state index in [0.29, 0.717) is 51.9 Å². The van der Waals surface area contributed by atoms with Gasteiger partial charge in [0, 0.05) is 35.6 Å². The third-order valence-corrected chi connectivity index (χ3v) is 7.28. The molecule has 0 radical (unpaired) electrons. The van der Waals surface area contributed by atoms with Crippen LogP contribution in [0.1, 0.15) is 42.5 Å². The van der Waals surface area contributed by atoms with E-state index in [-0.39, 0.29) is 5.91 Å². The molecule has 1 aliphatic heterocycles. The molecule has 1 saturated heterocycles. The highest BCUT2D eigenvalue weighted by molar-refractivity contribution is 6.32. The summed E-state index contributed by atoms with van der Waals surface area (Å²) in [6.45, 7) is 5.44. The number of ether oxygens (including phenoxy) is 1. The van der Waals surface area contributed by atoms with E-state index in [2.05, 4.69) is 31.6 Å². The summed E-state index contributed by atoms with van der Waals surface area (Å²) in [6, 6.07) is 17.0. The lowest BCUT2D eigenvalue weighted by molar-refractivity contribution is -0.116. The summed E-state index contributed by atoms with van der Waals surface area (Å²) in [5.74, 6) is 0.511. The number of rotatable bonds is 10. The summed E-state index contributed by atoms with van der Waals surface area (Å²) in [7, 11) is 0. The number of nitrogens with one attached hydrogen (secondary N) is 2. The van der Waals surface area contributed by atoms with Gasteiger partial charge in [-0.25, -0.2) is 0 Å². The SMILES string of the molecule is Cc1cc2ncc(C#N)c(Nc3ccc(OCc4ccccn4)c(Cl)c3)c2cc1NC(=O)CCCN1CCCC1. The number of likely N-dealkylation sites (tertiary alicyclic amines) is 1. The van der Waals surface area contributed by atoms with E-state index >= 15 is 0 Å². The van der Waals surface area contributed by atoms with Gasteiger partial charge in [-0.3, -0.25) is 14.8 Å². The van der Waals surface area contributed by atoms with Crippen molar-refractivity contribution in [1.29, 1.82) is 5.26 Å². The molecule has 40 heavy (non-hydrogen) atoms. The molecule has 0 aliphatic carbocycles. The Labute approximate surface area is 239 Å². The van der Waals surface area contributed by atoms with Gasteiger partial charge in [-0.05, 0) is 93.8 Å². The van der Waals surface area contributed by atoms with Gasteiger partial charge in [0.2, 0.25) is 5.91 Å². The molecule has 4 aromatic rings. The highest BCUT2D eigenvalue weighted by atomic mass is 35.5. The number of anilines is 3. The second-order valence-corrected chi connectivity index (χ2v) is 10.3. The molecular weight excluding hydrogens is 524 g/mol. The molecule has 1 aliphatic rings. The Morgan fingerprint density at radius 3 is 2.75 bits per heavy atom. The predicted molar refractivity (Wildman–Crippen MR) is 158 cm³/mol. The number of hydrogen-bond acceptors (Lipinski definition) is 7. The van der Waals surface area contributed by atoms with Crippen LogP contribution >= 0.6 is 11.6 Å². The third-order valence-electron chi connectivity index (χ3n) is 6.99. The average Bonchev–Trinajstić information content (AvgIpc) is 3.47. The van der Waals surface area contributed by atoms with Crippen LogP contribution in [0.5, 0.6) is 5.75 Å². The van der Waals surface area contributed by atoms with E-state index in [4.69, 9.17) is 16.3 Å². The first-order valence-corrected chi connectivity index (χ1v) is 13.8. The fourth-order valence-corrected chi connectivity index (χ4v) is 5.09. The van der Waals surface area contributed by atoms with Crippen LogP contribution in [0, 0.1) is 18.3 Å². The van der Waals surface area contributed by atoms with Crippen LogP contribution in [0.25, 0.3) is 10.9 Å². The number of fused-ring (bicyclic) bond motifs is 1. The summed E-state index contributed by atoms with van der Waals surface area (Å²) < 4.78 is 5.84. The summed E-state index contributed by atoms with van der Waals surface area (Å²) >= 11 is 6.53. The van der Waals surface area contributed by atoms with Gasteiger partial charge in [0.1, 0.15) is 18.4 Å². The Balaban J connectivity index is 1.33. The quantitative estimate of drug-likeness (QED) is 0.227. The minimum Gasteiger partial charge on any atom is -0.486 e. The molecule has 5 rings (SSSR count). The van der Waals surface area contributed by atoms with Crippen molar-refractivity contribution in [2.75, 3.05) is 30.3 Å². The Morgan fingerprint density at radius 1 is 1.15 bits per heavy atom. The molecule has 0 atom stereocenters. The van der Waals surface area contributed by atoms with Gasteiger partial charge in [0.05, 0.1) is 27.5 Å². The molecular formula is C31H31ClN6O2. The second kappa shape index (κ2) is 12.8. The molecule has 2 aromatic carbocycles. The second-order valence-electron chi connectivity index (χ2n) is 9.92. The van der Waals surface area contributed by atoms with Crippen molar-refractivity contribution in [3.8, 4) is 11.8 Å². The number of hydrogen-bond donors (Lipinski definition) is 2. The monoisotopic (exact) mass is 554 g/mol. The van der Waals surface area contributed by atoms with Crippen molar-refractivity contribution in [3.05, 3.63) is 82.8 Å². The van der Waals surface area contributed by atoms with Crippen molar-refractivity contribution in [2.45, 2.75) is 39.2 Å².